The monoisotopic (exact) mass is 525 g/mol. The van der Waals surface area contributed by atoms with E-state index in [0.717, 1.165) is 64.9 Å². The topological polar surface area (TPSA) is 27.7 Å². The number of ether oxygens (including phenoxy) is 1. The van der Waals surface area contributed by atoms with Crippen molar-refractivity contribution in [3.05, 3.63) is 127 Å². The van der Waals surface area contributed by atoms with Crippen molar-refractivity contribution in [1.29, 1.82) is 0 Å². The third kappa shape index (κ3) is 5.13. The number of nitrogens with one attached hydrogen (secondary N) is 1. The first-order valence-corrected chi connectivity index (χ1v) is 14.2. The minimum absolute atomic E-state index is 0.409. The van der Waals surface area contributed by atoms with E-state index in [4.69, 9.17) is 4.74 Å². The Morgan fingerprint density at radius 1 is 0.575 bits per heavy atom. The molecule has 4 nitrogen and oxygen atoms in total. The van der Waals surface area contributed by atoms with Gasteiger partial charge in [0, 0.05) is 46.6 Å². The maximum Gasteiger partial charge on any atom is 0.153 e. The summed E-state index contributed by atoms with van der Waals surface area (Å²) in [5, 5.41) is 3.60. The van der Waals surface area contributed by atoms with Crippen molar-refractivity contribution in [2.24, 2.45) is 0 Å². The molecule has 4 heteroatoms. The molecule has 1 heterocycles. The minimum Gasteiger partial charge on any atom is -0.453 e. The van der Waals surface area contributed by atoms with Crippen molar-refractivity contribution in [1.82, 2.24) is 0 Å². The Labute approximate surface area is 237 Å². The number of rotatable bonds is 9. The van der Waals surface area contributed by atoms with Gasteiger partial charge in [-0.25, -0.2) is 0 Å². The second-order valence-electron chi connectivity index (χ2n) is 10.2. The van der Waals surface area contributed by atoms with Crippen LogP contribution in [0.4, 0.5) is 39.8 Å². The van der Waals surface area contributed by atoms with Gasteiger partial charge in [-0.15, -0.1) is 0 Å². The highest BCUT2D eigenvalue weighted by atomic mass is 16.5. The van der Waals surface area contributed by atoms with Crippen molar-refractivity contribution in [2.75, 3.05) is 15.1 Å². The molecule has 1 aliphatic heterocycles. The average molecular weight is 526 g/mol. The molecular formula is C36H35N3O. The number of nitrogens with zero attached hydrogens (tertiary/aromatic N) is 2. The van der Waals surface area contributed by atoms with Gasteiger partial charge in [0.05, 0.1) is 11.4 Å². The van der Waals surface area contributed by atoms with E-state index in [9.17, 15) is 0 Å². The molecule has 6 rings (SSSR count). The zero-order chi connectivity index (χ0) is 27.3. The lowest BCUT2D eigenvalue weighted by Gasteiger charge is -2.34. The maximum atomic E-state index is 6.62. The van der Waals surface area contributed by atoms with Gasteiger partial charge in [-0.3, -0.25) is 0 Å². The maximum absolute atomic E-state index is 6.62. The molecule has 0 radical (unpaired) electrons. The Kier molecular flexibility index (Phi) is 7.41. The highest BCUT2D eigenvalue weighted by Gasteiger charge is 2.24. The zero-order valence-electron chi connectivity index (χ0n) is 23.1. The number of hydrogen-bond donors (Lipinski definition) is 1. The molecule has 1 N–H and O–H groups in total. The van der Waals surface area contributed by atoms with E-state index in [1.807, 2.05) is 12.1 Å². The normalized spacial score (nSPS) is 12.3. The molecule has 5 aromatic rings. The van der Waals surface area contributed by atoms with Crippen molar-refractivity contribution < 1.29 is 4.74 Å². The summed E-state index contributed by atoms with van der Waals surface area (Å²) in [5.74, 6) is 1.64. The molecule has 1 atom stereocenters. The highest BCUT2D eigenvalue weighted by molar-refractivity contribution is 5.84. The van der Waals surface area contributed by atoms with E-state index in [-0.39, 0.29) is 0 Å². The van der Waals surface area contributed by atoms with Gasteiger partial charge in [-0.05, 0) is 73.5 Å². The Bertz CT molecular complexity index is 1510. The molecule has 200 valence electrons. The number of anilines is 7. The van der Waals surface area contributed by atoms with Gasteiger partial charge in [0.25, 0.3) is 0 Å². The predicted molar refractivity (Wildman–Crippen MR) is 168 cm³/mol. The van der Waals surface area contributed by atoms with Crippen molar-refractivity contribution in [2.45, 2.75) is 39.2 Å². The van der Waals surface area contributed by atoms with Crippen molar-refractivity contribution in [3.8, 4) is 11.5 Å². The van der Waals surface area contributed by atoms with Crippen LogP contribution >= 0.6 is 0 Å². The summed E-state index contributed by atoms with van der Waals surface area (Å²) in [6, 6.07) is 44.9. The standard InChI is InChI=1S/C36H35N3O/c1-3-14-27(4-2)38(28-15-8-5-9-16-28)31-21-23-33-35(25-31)40-36-26-32(22-24-34(36)37-33)39(29-17-10-6-11-18-29)30-19-12-7-13-20-30/h5-13,15-27,37H,3-4,14H2,1-2H3. The summed E-state index contributed by atoms with van der Waals surface area (Å²) in [7, 11) is 0. The summed E-state index contributed by atoms with van der Waals surface area (Å²) in [5.41, 5.74) is 7.51. The fourth-order valence-corrected chi connectivity index (χ4v) is 5.56. The second-order valence-corrected chi connectivity index (χ2v) is 10.2. The van der Waals surface area contributed by atoms with Gasteiger partial charge in [-0.1, -0.05) is 74.9 Å². The van der Waals surface area contributed by atoms with E-state index in [2.05, 4.69) is 144 Å². The van der Waals surface area contributed by atoms with Crippen LogP contribution in [0, 0.1) is 0 Å². The first-order chi connectivity index (χ1) is 19.7. The second kappa shape index (κ2) is 11.6. The van der Waals surface area contributed by atoms with Crippen LogP contribution in [0.5, 0.6) is 11.5 Å². The largest absolute Gasteiger partial charge is 0.453 e. The molecule has 0 saturated heterocycles. The molecule has 0 aromatic heterocycles. The lowest BCUT2D eigenvalue weighted by atomic mass is 10.0. The van der Waals surface area contributed by atoms with Gasteiger partial charge < -0.3 is 19.9 Å². The summed E-state index contributed by atoms with van der Waals surface area (Å²) in [6.45, 7) is 4.53. The smallest absolute Gasteiger partial charge is 0.153 e. The molecule has 0 aliphatic carbocycles. The first kappa shape index (κ1) is 25.6. The first-order valence-electron chi connectivity index (χ1n) is 14.2. The predicted octanol–water partition coefficient (Wildman–Crippen LogP) is 10.7. The summed E-state index contributed by atoms with van der Waals surface area (Å²) < 4.78 is 6.62. The molecule has 1 unspecified atom stereocenters. The molecule has 40 heavy (non-hydrogen) atoms. The van der Waals surface area contributed by atoms with Crippen LogP contribution in [0.25, 0.3) is 0 Å². The lowest BCUT2D eigenvalue weighted by Crippen LogP contribution is -2.30. The molecule has 0 amide bonds. The fourth-order valence-electron chi connectivity index (χ4n) is 5.56. The zero-order valence-corrected chi connectivity index (χ0v) is 23.1. The van der Waals surface area contributed by atoms with Crippen molar-refractivity contribution in [3.63, 3.8) is 0 Å². The quantitative estimate of drug-likeness (QED) is 0.203. The van der Waals surface area contributed by atoms with Crippen LogP contribution in [0.1, 0.15) is 33.1 Å². The van der Waals surface area contributed by atoms with Crippen LogP contribution in [-0.2, 0) is 0 Å². The Balaban J connectivity index is 1.37. The number of benzene rings is 5. The third-order valence-electron chi connectivity index (χ3n) is 7.48. The van der Waals surface area contributed by atoms with E-state index < -0.39 is 0 Å². The number of para-hydroxylation sites is 3. The number of hydrogen-bond acceptors (Lipinski definition) is 4. The van der Waals surface area contributed by atoms with Gasteiger partial charge in [0.2, 0.25) is 0 Å². The Morgan fingerprint density at radius 2 is 1.07 bits per heavy atom. The van der Waals surface area contributed by atoms with E-state index in [1.54, 1.807) is 0 Å². The summed E-state index contributed by atoms with van der Waals surface area (Å²) in [6.07, 6.45) is 3.34. The minimum atomic E-state index is 0.409. The summed E-state index contributed by atoms with van der Waals surface area (Å²) >= 11 is 0. The molecule has 0 bridgehead atoms. The lowest BCUT2D eigenvalue weighted by molar-refractivity contribution is 0.481. The van der Waals surface area contributed by atoms with E-state index in [1.165, 1.54) is 5.69 Å². The SMILES string of the molecule is CCCC(CC)N(c1ccccc1)c1ccc2c(c1)Oc1cc(N(c3ccccc3)c3ccccc3)ccc1N2. The van der Waals surface area contributed by atoms with Crippen LogP contribution < -0.4 is 19.9 Å². The molecule has 5 aromatic carbocycles. The van der Waals surface area contributed by atoms with Gasteiger partial charge in [0.1, 0.15) is 0 Å². The third-order valence-corrected chi connectivity index (χ3v) is 7.48. The molecule has 1 aliphatic rings. The Hall–Kier alpha value is -4.70. The molecular weight excluding hydrogens is 490 g/mol. The van der Waals surface area contributed by atoms with Gasteiger partial charge in [-0.2, -0.15) is 0 Å². The Morgan fingerprint density at radius 3 is 1.60 bits per heavy atom. The summed E-state index contributed by atoms with van der Waals surface area (Å²) in [4.78, 5) is 4.72. The van der Waals surface area contributed by atoms with Crippen LogP contribution in [0.3, 0.4) is 0 Å². The molecule has 0 spiro atoms. The van der Waals surface area contributed by atoms with Crippen molar-refractivity contribution >= 4 is 39.8 Å². The molecule has 0 fully saturated rings. The van der Waals surface area contributed by atoms with E-state index >= 15 is 0 Å². The highest BCUT2D eigenvalue weighted by Crippen LogP contribution is 2.47. The average Bonchev–Trinajstić information content (AvgIpc) is 3.01. The van der Waals surface area contributed by atoms with Crippen LogP contribution in [-0.4, -0.2) is 6.04 Å². The van der Waals surface area contributed by atoms with Crippen LogP contribution in [0.15, 0.2) is 127 Å². The van der Waals surface area contributed by atoms with Gasteiger partial charge >= 0.3 is 0 Å². The number of fused-ring (bicyclic) bond motifs is 2. The van der Waals surface area contributed by atoms with Crippen LogP contribution in [0.2, 0.25) is 0 Å². The van der Waals surface area contributed by atoms with Gasteiger partial charge in [0.15, 0.2) is 11.5 Å². The molecule has 0 saturated carbocycles. The fraction of sp³-hybridized carbons (Fsp3) is 0.167. The van der Waals surface area contributed by atoms with E-state index in [0.29, 0.717) is 6.04 Å².